The van der Waals surface area contributed by atoms with E-state index in [0.29, 0.717) is 31.6 Å². The number of amides is 1. The summed E-state index contributed by atoms with van der Waals surface area (Å²) in [6.07, 6.45) is 0.241. The Hall–Kier alpha value is -2.32. The molecular formula is C27H36ClF3N4O. The third-order valence-corrected chi connectivity index (χ3v) is 7.25. The van der Waals surface area contributed by atoms with Crippen molar-refractivity contribution in [2.75, 3.05) is 50.7 Å². The van der Waals surface area contributed by atoms with Gasteiger partial charge in [0, 0.05) is 74.8 Å². The number of rotatable bonds is 6. The second kappa shape index (κ2) is 12.3. The van der Waals surface area contributed by atoms with Crippen molar-refractivity contribution in [3.8, 4) is 0 Å². The average molecular weight is 525 g/mol. The topological polar surface area (TPSA) is 39.7 Å². The van der Waals surface area contributed by atoms with Gasteiger partial charge in [-0.2, -0.15) is 13.2 Å². The number of hydrogen-bond acceptors (Lipinski definition) is 4. The van der Waals surface area contributed by atoms with E-state index < -0.39 is 11.7 Å². The fraction of sp³-hybridized carbons (Fsp3) is 0.556. The quantitative estimate of drug-likeness (QED) is 0.491. The SMILES string of the molecule is C.CC(CN1CCN(c2ccc(Cl)cc2)CC1)C(=O)N1CCC[C@H](Cc2cncc(C(F)(F)F)c2)C1. The van der Waals surface area contributed by atoms with Gasteiger partial charge in [-0.15, -0.1) is 0 Å². The highest BCUT2D eigenvalue weighted by Gasteiger charge is 2.32. The number of nitrogens with zero attached hydrogens (tertiary/aromatic N) is 4. The monoisotopic (exact) mass is 524 g/mol. The van der Waals surface area contributed by atoms with Crippen molar-refractivity contribution in [2.45, 2.75) is 39.8 Å². The molecule has 2 atom stereocenters. The van der Waals surface area contributed by atoms with Crippen LogP contribution in [-0.4, -0.2) is 66.5 Å². The van der Waals surface area contributed by atoms with E-state index in [1.807, 2.05) is 36.1 Å². The lowest BCUT2D eigenvalue weighted by Gasteiger charge is -2.38. The maximum Gasteiger partial charge on any atom is 0.417 e. The summed E-state index contributed by atoms with van der Waals surface area (Å²) in [7, 11) is 0. The Morgan fingerprint density at radius 2 is 1.81 bits per heavy atom. The number of anilines is 1. The van der Waals surface area contributed by atoms with Gasteiger partial charge in [-0.05, 0) is 61.1 Å². The van der Waals surface area contributed by atoms with Gasteiger partial charge in [0.1, 0.15) is 0 Å². The molecule has 0 spiro atoms. The van der Waals surface area contributed by atoms with Crippen molar-refractivity contribution >= 4 is 23.2 Å². The molecule has 0 N–H and O–H groups in total. The Bertz CT molecular complexity index is 993. The van der Waals surface area contributed by atoms with Crippen molar-refractivity contribution in [3.05, 3.63) is 58.9 Å². The first-order chi connectivity index (χ1) is 16.7. The predicted molar refractivity (Wildman–Crippen MR) is 138 cm³/mol. The largest absolute Gasteiger partial charge is 0.417 e. The van der Waals surface area contributed by atoms with Crippen LogP contribution in [0.4, 0.5) is 18.9 Å². The van der Waals surface area contributed by atoms with E-state index in [1.54, 1.807) is 0 Å². The number of alkyl halides is 3. The predicted octanol–water partition coefficient (Wildman–Crippen LogP) is 5.63. The van der Waals surface area contributed by atoms with Gasteiger partial charge in [-0.3, -0.25) is 14.7 Å². The van der Waals surface area contributed by atoms with Gasteiger partial charge in [0.15, 0.2) is 0 Å². The number of piperazine rings is 1. The number of benzene rings is 1. The number of halogens is 4. The molecule has 3 heterocycles. The first-order valence-corrected chi connectivity index (χ1v) is 12.6. The van der Waals surface area contributed by atoms with Crippen LogP contribution < -0.4 is 4.90 Å². The Morgan fingerprint density at radius 1 is 1.11 bits per heavy atom. The van der Waals surface area contributed by atoms with Crippen LogP contribution in [0.1, 0.15) is 38.3 Å². The zero-order valence-corrected chi connectivity index (χ0v) is 20.7. The molecule has 1 aromatic heterocycles. The second-order valence-electron chi connectivity index (χ2n) is 9.74. The normalized spacial score (nSPS) is 20.1. The summed E-state index contributed by atoms with van der Waals surface area (Å²) < 4.78 is 39.0. The molecule has 0 saturated carbocycles. The van der Waals surface area contributed by atoms with Gasteiger partial charge in [-0.1, -0.05) is 26.0 Å². The Labute approximate surface area is 217 Å². The molecule has 2 saturated heterocycles. The molecule has 198 valence electrons. The summed E-state index contributed by atoms with van der Waals surface area (Å²) in [5.41, 5.74) is 1.02. The lowest BCUT2D eigenvalue weighted by molar-refractivity contribution is -0.138. The standard InChI is InChI=1S/C26H32ClF3N4O.CH4/c1-19(17-32-9-11-33(12-10-32)24-6-4-23(27)5-7-24)25(35)34-8-2-3-20(18-34)13-21-14-22(16-31-15-21)26(28,29)30;/h4-7,14-16,19-20H,2-3,8-13,17-18H2,1H3;1H4/t19?,20-;/m1./s1. The third-order valence-electron chi connectivity index (χ3n) is 6.99. The summed E-state index contributed by atoms with van der Waals surface area (Å²) in [5, 5.41) is 0.728. The molecule has 2 fully saturated rings. The molecule has 0 aliphatic carbocycles. The van der Waals surface area contributed by atoms with E-state index in [1.165, 1.54) is 12.3 Å². The fourth-order valence-electron chi connectivity index (χ4n) is 5.14. The molecule has 2 aliphatic heterocycles. The van der Waals surface area contributed by atoms with Crippen molar-refractivity contribution < 1.29 is 18.0 Å². The average Bonchev–Trinajstić information content (AvgIpc) is 2.84. The van der Waals surface area contributed by atoms with Crippen LogP contribution in [0.15, 0.2) is 42.7 Å². The van der Waals surface area contributed by atoms with Crippen molar-refractivity contribution in [1.82, 2.24) is 14.8 Å². The van der Waals surface area contributed by atoms with E-state index in [2.05, 4.69) is 14.8 Å². The Morgan fingerprint density at radius 3 is 2.47 bits per heavy atom. The maximum atomic E-state index is 13.2. The third kappa shape index (κ3) is 7.35. The first kappa shape index (κ1) is 28.3. The number of pyridine rings is 1. The minimum absolute atomic E-state index is 0. The molecule has 9 heteroatoms. The van der Waals surface area contributed by atoms with Crippen LogP contribution in [0.3, 0.4) is 0 Å². The first-order valence-electron chi connectivity index (χ1n) is 12.2. The summed E-state index contributed by atoms with van der Waals surface area (Å²) in [4.78, 5) is 23.5. The van der Waals surface area contributed by atoms with E-state index in [4.69, 9.17) is 11.6 Å². The number of hydrogen-bond donors (Lipinski definition) is 0. The molecule has 2 aliphatic rings. The van der Waals surface area contributed by atoms with E-state index in [0.717, 1.165) is 55.9 Å². The zero-order chi connectivity index (χ0) is 25.0. The van der Waals surface area contributed by atoms with Crippen LogP contribution in [0.25, 0.3) is 0 Å². The number of carbonyl (C=O) groups excluding carboxylic acids is 1. The van der Waals surface area contributed by atoms with Crippen molar-refractivity contribution in [3.63, 3.8) is 0 Å². The van der Waals surface area contributed by atoms with Crippen molar-refractivity contribution in [2.24, 2.45) is 11.8 Å². The van der Waals surface area contributed by atoms with Crippen LogP contribution in [-0.2, 0) is 17.4 Å². The maximum absolute atomic E-state index is 13.2. The summed E-state index contributed by atoms with van der Waals surface area (Å²) in [5.74, 6) is 0.163. The van der Waals surface area contributed by atoms with Crippen molar-refractivity contribution in [1.29, 1.82) is 0 Å². The second-order valence-corrected chi connectivity index (χ2v) is 10.2. The van der Waals surface area contributed by atoms with E-state index in [9.17, 15) is 18.0 Å². The minimum Gasteiger partial charge on any atom is -0.369 e. The number of likely N-dealkylation sites (tertiary alicyclic amines) is 1. The Kier molecular flexibility index (Phi) is 9.64. The number of aromatic nitrogens is 1. The van der Waals surface area contributed by atoms with Crippen LogP contribution in [0.5, 0.6) is 0 Å². The smallest absolute Gasteiger partial charge is 0.369 e. The molecule has 36 heavy (non-hydrogen) atoms. The highest BCUT2D eigenvalue weighted by atomic mass is 35.5. The summed E-state index contributed by atoms with van der Waals surface area (Å²) in [6, 6.07) is 9.05. The van der Waals surface area contributed by atoms with Crippen LogP contribution in [0.2, 0.25) is 5.02 Å². The zero-order valence-electron chi connectivity index (χ0n) is 20.0. The number of piperidine rings is 1. The lowest BCUT2D eigenvalue weighted by Crippen LogP contribution is -2.50. The molecular weight excluding hydrogens is 489 g/mol. The van der Waals surface area contributed by atoms with Gasteiger partial charge < -0.3 is 9.80 Å². The van der Waals surface area contributed by atoms with E-state index in [-0.39, 0.29) is 25.2 Å². The van der Waals surface area contributed by atoms with Crippen LogP contribution >= 0.6 is 11.6 Å². The van der Waals surface area contributed by atoms with Gasteiger partial charge in [-0.25, -0.2) is 0 Å². The van der Waals surface area contributed by atoms with Gasteiger partial charge >= 0.3 is 6.18 Å². The molecule has 4 rings (SSSR count). The highest BCUT2D eigenvalue weighted by molar-refractivity contribution is 6.30. The molecule has 1 unspecified atom stereocenters. The summed E-state index contributed by atoms with van der Waals surface area (Å²) in [6.45, 7) is 7.59. The lowest BCUT2D eigenvalue weighted by atomic mass is 9.91. The van der Waals surface area contributed by atoms with Crippen LogP contribution in [0, 0.1) is 11.8 Å². The molecule has 1 aromatic carbocycles. The molecule has 0 radical (unpaired) electrons. The van der Waals surface area contributed by atoms with Gasteiger partial charge in [0.05, 0.1) is 5.56 Å². The Balaban J connectivity index is 0.00000361. The van der Waals surface area contributed by atoms with Gasteiger partial charge in [0.25, 0.3) is 0 Å². The summed E-state index contributed by atoms with van der Waals surface area (Å²) >= 11 is 5.99. The molecule has 5 nitrogen and oxygen atoms in total. The molecule has 2 aromatic rings. The highest BCUT2D eigenvalue weighted by Crippen LogP contribution is 2.30. The van der Waals surface area contributed by atoms with E-state index >= 15 is 0 Å². The fourth-order valence-corrected chi connectivity index (χ4v) is 5.26. The molecule has 1 amide bonds. The van der Waals surface area contributed by atoms with Gasteiger partial charge in [0.2, 0.25) is 5.91 Å². The minimum atomic E-state index is -4.40. The number of carbonyl (C=O) groups is 1. The molecule has 0 bridgehead atoms.